The molecule has 0 N–H and O–H groups in total. The van der Waals surface area contributed by atoms with E-state index in [2.05, 4.69) is 50.2 Å². The fourth-order valence-corrected chi connectivity index (χ4v) is 4.46. The molecule has 0 fully saturated rings. The van der Waals surface area contributed by atoms with E-state index in [0.717, 1.165) is 11.8 Å². The second-order valence-corrected chi connectivity index (χ2v) is 6.61. The van der Waals surface area contributed by atoms with Crippen LogP contribution in [0.1, 0.15) is 18.1 Å². The molecular weight excluding hydrogens is 295 g/mol. The average molecular weight is 312 g/mol. The Hall–Kier alpha value is -2.67. The normalized spacial score (nSPS) is 12.1. The van der Waals surface area contributed by atoms with Crippen LogP contribution in [0.2, 0.25) is 0 Å². The van der Waals surface area contributed by atoms with Crippen LogP contribution in [0.4, 0.5) is 4.39 Å². The van der Waals surface area contributed by atoms with Gasteiger partial charge in [-0.15, -0.1) is 0 Å². The molecule has 1 heteroatoms. The lowest BCUT2D eigenvalue weighted by Gasteiger charge is -2.16. The Morgan fingerprint density at radius 3 is 2.25 bits per heavy atom. The SMILES string of the molecule is CCc1c2c(c(C)c3cc(F)ccc13)-c1cccc3cccc-2c13. The first kappa shape index (κ1) is 13.7. The Bertz CT molecular complexity index is 1150. The number of aryl methyl sites for hydroxylation is 2. The Balaban J connectivity index is 2.08. The van der Waals surface area contributed by atoms with Crippen LogP contribution in [-0.2, 0) is 6.42 Å². The van der Waals surface area contributed by atoms with E-state index >= 15 is 0 Å². The molecule has 4 aromatic carbocycles. The van der Waals surface area contributed by atoms with E-state index in [1.807, 2.05) is 6.07 Å². The molecule has 0 atom stereocenters. The number of fused-ring (bicyclic) bond motifs is 4. The van der Waals surface area contributed by atoms with E-state index in [1.165, 1.54) is 49.5 Å². The van der Waals surface area contributed by atoms with Crippen molar-refractivity contribution in [3.8, 4) is 22.3 Å². The molecule has 0 radical (unpaired) electrons. The summed E-state index contributed by atoms with van der Waals surface area (Å²) in [5, 5.41) is 4.83. The van der Waals surface area contributed by atoms with Crippen LogP contribution in [0.25, 0.3) is 43.8 Å². The fourth-order valence-electron chi connectivity index (χ4n) is 4.46. The van der Waals surface area contributed by atoms with Crippen LogP contribution in [0.15, 0.2) is 54.6 Å². The van der Waals surface area contributed by atoms with Crippen LogP contribution in [0.3, 0.4) is 0 Å². The third-order valence-corrected chi connectivity index (χ3v) is 5.43. The van der Waals surface area contributed by atoms with Crippen LogP contribution in [0, 0.1) is 12.7 Å². The summed E-state index contributed by atoms with van der Waals surface area (Å²) in [4.78, 5) is 0. The summed E-state index contributed by atoms with van der Waals surface area (Å²) in [6, 6.07) is 18.3. The van der Waals surface area contributed by atoms with Gasteiger partial charge in [-0.05, 0) is 80.4 Å². The monoisotopic (exact) mass is 312 g/mol. The molecule has 1 aliphatic carbocycles. The van der Waals surface area contributed by atoms with Crippen molar-refractivity contribution in [2.45, 2.75) is 20.3 Å². The van der Waals surface area contributed by atoms with Crippen molar-refractivity contribution in [2.75, 3.05) is 0 Å². The molecular formula is C23H17F. The molecule has 0 heterocycles. The van der Waals surface area contributed by atoms with Crippen molar-refractivity contribution >= 4 is 21.5 Å². The third-order valence-electron chi connectivity index (χ3n) is 5.43. The molecule has 4 aromatic rings. The smallest absolute Gasteiger partial charge is 0.123 e. The zero-order valence-corrected chi connectivity index (χ0v) is 13.8. The molecule has 1 aliphatic rings. The summed E-state index contributed by atoms with van der Waals surface area (Å²) in [6.45, 7) is 4.32. The van der Waals surface area contributed by atoms with Gasteiger partial charge < -0.3 is 0 Å². The third kappa shape index (κ3) is 1.57. The first-order valence-electron chi connectivity index (χ1n) is 8.48. The second kappa shape index (κ2) is 4.67. The van der Waals surface area contributed by atoms with Gasteiger partial charge in [-0.1, -0.05) is 49.4 Å². The summed E-state index contributed by atoms with van der Waals surface area (Å²) in [5.74, 6) is -0.165. The Kier molecular flexibility index (Phi) is 2.67. The van der Waals surface area contributed by atoms with E-state index in [0.29, 0.717) is 0 Å². The lowest BCUT2D eigenvalue weighted by atomic mass is 9.87. The topological polar surface area (TPSA) is 0 Å². The van der Waals surface area contributed by atoms with Crippen molar-refractivity contribution in [3.05, 3.63) is 71.5 Å². The molecule has 5 rings (SSSR count). The molecule has 0 saturated heterocycles. The highest BCUT2D eigenvalue weighted by Gasteiger charge is 2.27. The number of hydrogen-bond donors (Lipinski definition) is 0. The highest BCUT2D eigenvalue weighted by molar-refractivity contribution is 6.19. The summed E-state index contributed by atoms with van der Waals surface area (Å²) in [6.07, 6.45) is 0.940. The number of rotatable bonds is 1. The Labute approximate surface area is 140 Å². The molecule has 0 bridgehead atoms. The minimum atomic E-state index is -0.165. The maximum Gasteiger partial charge on any atom is 0.123 e. The molecule has 0 saturated carbocycles. The lowest BCUT2D eigenvalue weighted by Crippen LogP contribution is -1.95. The quantitative estimate of drug-likeness (QED) is 0.325. The van der Waals surface area contributed by atoms with Gasteiger partial charge in [-0.3, -0.25) is 0 Å². The molecule has 0 nitrogen and oxygen atoms in total. The molecule has 24 heavy (non-hydrogen) atoms. The largest absolute Gasteiger partial charge is 0.207 e. The van der Waals surface area contributed by atoms with Gasteiger partial charge in [-0.25, -0.2) is 4.39 Å². The first-order valence-corrected chi connectivity index (χ1v) is 8.48. The maximum absolute atomic E-state index is 13.9. The van der Waals surface area contributed by atoms with Crippen molar-refractivity contribution in [2.24, 2.45) is 0 Å². The molecule has 0 unspecified atom stereocenters. The summed E-state index contributed by atoms with van der Waals surface area (Å²) >= 11 is 0. The van der Waals surface area contributed by atoms with Gasteiger partial charge in [-0.2, -0.15) is 0 Å². The minimum Gasteiger partial charge on any atom is -0.207 e. The Morgan fingerprint density at radius 1 is 0.833 bits per heavy atom. The number of benzene rings is 4. The highest BCUT2D eigenvalue weighted by atomic mass is 19.1. The molecule has 0 spiro atoms. The van der Waals surface area contributed by atoms with Crippen molar-refractivity contribution < 1.29 is 4.39 Å². The highest BCUT2D eigenvalue weighted by Crippen LogP contribution is 2.52. The molecule has 0 aliphatic heterocycles. The predicted octanol–water partition coefficient (Wildman–Crippen LogP) is 6.65. The summed E-state index contributed by atoms with van der Waals surface area (Å²) in [5.41, 5.74) is 7.76. The van der Waals surface area contributed by atoms with Gasteiger partial charge in [0.2, 0.25) is 0 Å². The zero-order chi connectivity index (χ0) is 16.4. The predicted molar refractivity (Wildman–Crippen MR) is 100.0 cm³/mol. The molecule has 116 valence electrons. The van der Waals surface area contributed by atoms with Crippen LogP contribution < -0.4 is 0 Å². The van der Waals surface area contributed by atoms with Gasteiger partial charge in [0.25, 0.3) is 0 Å². The maximum atomic E-state index is 13.9. The molecule has 0 aromatic heterocycles. The average Bonchev–Trinajstić information content (AvgIpc) is 2.93. The van der Waals surface area contributed by atoms with E-state index < -0.39 is 0 Å². The molecule has 0 amide bonds. The van der Waals surface area contributed by atoms with Gasteiger partial charge in [0.05, 0.1) is 0 Å². The van der Waals surface area contributed by atoms with E-state index in [9.17, 15) is 4.39 Å². The second-order valence-electron chi connectivity index (χ2n) is 6.61. The van der Waals surface area contributed by atoms with E-state index in [4.69, 9.17) is 0 Å². The number of hydrogen-bond acceptors (Lipinski definition) is 0. The zero-order valence-electron chi connectivity index (χ0n) is 13.8. The number of halogens is 1. The van der Waals surface area contributed by atoms with Crippen molar-refractivity contribution in [1.29, 1.82) is 0 Å². The van der Waals surface area contributed by atoms with Gasteiger partial charge in [0, 0.05) is 0 Å². The summed E-state index contributed by atoms with van der Waals surface area (Å²) in [7, 11) is 0. The lowest BCUT2D eigenvalue weighted by molar-refractivity contribution is 0.629. The van der Waals surface area contributed by atoms with Crippen LogP contribution >= 0.6 is 0 Å². The van der Waals surface area contributed by atoms with Gasteiger partial charge in [0.15, 0.2) is 0 Å². The van der Waals surface area contributed by atoms with Crippen LogP contribution in [-0.4, -0.2) is 0 Å². The minimum absolute atomic E-state index is 0.165. The van der Waals surface area contributed by atoms with Crippen molar-refractivity contribution in [1.82, 2.24) is 0 Å². The van der Waals surface area contributed by atoms with Gasteiger partial charge in [0.1, 0.15) is 5.82 Å². The van der Waals surface area contributed by atoms with Crippen molar-refractivity contribution in [3.63, 3.8) is 0 Å². The summed E-state index contributed by atoms with van der Waals surface area (Å²) < 4.78 is 13.9. The van der Waals surface area contributed by atoms with E-state index in [1.54, 1.807) is 12.1 Å². The standard InChI is InChI=1S/C23H17F/c1-3-16-17-11-10-15(24)12-20(17)13(2)21-18-8-4-6-14-7-5-9-19(22(14)18)23(16)21/h4-12H,3H2,1-2H3. The Morgan fingerprint density at radius 2 is 1.54 bits per heavy atom. The van der Waals surface area contributed by atoms with E-state index in [-0.39, 0.29) is 5.82 Å². The van der Waals surface area contributed by atoms with Crippen LogP contribution in [0.5, 0.6) is 0 Å². The van der Waals surface area contributed by atoms with Gasteiger partial charge >= 0.3 is 0 Å². The first-order chi connectivity index (χ1) is 11.7. The fraction of sp³-hybridized carbons (Fsp3) is 0.130.